The molecule has 0 spiro atoms. The summed E-state index contributed by atoms with van der Waals surface area (Å²) >= 11 is 0. The highest BCUT2D eigenvalue weighted by Gasteiger charge is 2.16. The molecule has 7 heteroatoms. The number of hydrogen-bond acceptors (Lipinski definition) is 5. The zero-order chi connectivity index (χ0) is 18.1. The molecule has 24 heavy (non-hydrogen) atoms. The summed E-state index contributed by atoms with van der Waals surface area (Å²) in [6, 6.07) is 3.62. The number of carbonyl (C=O) groups excluding carboxylic acids is 1. The first kappa shape index (κ1) is 19.6. The summed E-state index contributed by atoms with van der Waals surface area (Å²) in [6.07, 6.45) is 0.731. The van der Waals surface area contributed by atoms with E-state index in [0.717, 1.165) is 5.56 Å². The molecule has 0 fully saturated rings. The van der Waals surface area contributed by atoms with E-state index in [-0.39, 0.29) is 25.3 Å². The lowest BCUT2D eigenvalue weighted by Crippen LogP contribution is -2.32. The van der Waals surface area contributed by atoms with Crippen LogP contribution in [0.3, 0.4) is 0 Å². The van der Waals surface area contributed by atoms with Crippen molar-refractivity contribution in [1.82, 2.24) is 4.90 Å². The molecule has 0 bridgehead atoms. The molecular weight excluding hydrogens is 314 g/mol. The van der Waals surface area contributed by atoms with E-state index < -0.39 is 5.97 Å². The number of methoxy groups -OCH3 is 3. The fourth-order valence-corrected chi connectivity index (χ4v) is 2.38. The van der Waals surface area contributed by atoms with Gasteiger partial charge >= 0.3 is 5.97 Å². The zero-order valence-corrected chi connectivity index (χ0v) is 14.6. The molecule has 134 valence electrons. The van der Waals surface area contributed by atoms with E-state index in [1.807, 2.05) is 19.1 Å². The zero-order valence-electron chi connectivity index (χ0n) is 14.6. The van der Waals surface area contributed by atoms with Gasteiger partial charge in [-0.3, -0.25) is 9.59 Å². The molecule has 0 heterocycles. The molecule has 1 aromatic rings. The van der Waals surface area contributed by atoms with Crippen LogP contribution in [0.25, 0.3) is 0 Å². The summed E-state index contributed by atoms with van der Waals surface area (Å²) in [6.45, 7) is 2.54. The van der Waals surface area contributed by atoms with E-state index in [9.17, 15) is 9.59 Å². The van der Waals surface area contributed by atoms with Crippen LogP contribution in [-0.4, -0.2) is 56.3 Å². The van der Waals surface area contributed by atoms with Crippen molar-refractivity contribution in [3.63, 3.8) is 0 Å². The molecule has 0 atom stereocenters. The highest BCUT2D eigenvalue weighted by atomic mass is 16.5. The van der Waals surface area contributed by atoms with Crippen molar-refractivity contribution >= 4 is 11.9 Å². The van der Waals surface area contributed by atoms with Crippen molar-refractivity contribution in [2.24, 2.45) is 0 Å². The molecule has 0 unspecified atom stereocenters. The summed E-state index contributed by atoms with van der Waals surface area (Å²) in [4.78, 5) is 24.4. The van der Waals surface area contributed by atoms with E-state index in [1.54, 1.807) is 4.90 Å². The van der Waals surface area contributed by atoms with Gasteiger partial charge in [-0.15, -0.1) is 0 Å². The Bertz CT molecular complexity index is 547. The summed E-state index contributed by atoms with van der Waals surface area (Å²) < 4.78 is 15.9. The van der Waals surface area contributed by atoms with Crippen LogP contribution < -0.4 is 14.2 Å². The maximum Gasteiger partial charge on any atom is 0.305 e. The van der Waals surface area contributed by atoms with E-state index in [4.69, 9.17) is 19.3 Å². The van der Waals surface area contributed by atoms with Gasteiger partial charge < -0.3 is 24.2 Å². The SMILES string of the molecule is CCN(CCC(=O)O)C(=O)CCc1cc(OC)c(OC)c(OC)c1. The average Bonchev–Trinajstić information content (AvgIpc) is 2.58. The minimum absolute atomic E-state index is 0.0518. The first-order chi connectivity index (χ1) is 11.5. The fourth-order valence-electron chi connectivity index (χ4n) is 2.38. The van der Waals surface area contributed by atoms with E-state index in [2.05, 4.69) is 0 Å². The number of amides is 1. The lowest BCUT2D eigenvalue weighted by atomic mass is 10.1. The normalized spacial score (nSPS) is 10.2. The standard InChI is InChI=1S/C17H25NO6/c1-5-18(9-8-16(20)21)15(19)7-6-12-10-13(22-2)17(24-4)14(11-12)23-3/h10-11H,5-9H2,1-4H3,(H,20,21). The molecule has 1 amide bonds. The van der Waals surface area contributed by atoms with E-state index in [1.165, 1.54) is 21.3 Å². The van der Waals surface area contributed by atoms with Crippen LogP contribution in [0.5, 0.6) is 17.2 Å². The van der Waals surface area contributed by atoms with Gasteiger partial charge in [0.05, 0.1) is 27.8 Å². The number of benzene rings is 1. The molecule has 1 N–H and O–H groups in total. The van der Waals surface area contributed by atoms with Crippen LogP contribution in [0.2, 0.25) is 0 Å². The van der Waals surface area contributed by atoms with Gasteiger partial charge in [-0.25, -0.2) is 0 Å². The number of carbonyl (C=O) groups is 2. The minimum Gasteiger partial charge on any atom is -0.493 e. The first-order valence-electron chi connectivity index (χ1n) is 7.75. The van der Waals surface area contributed by atoms with Crippen LogP contribution in [0.4, 0.5) is 0 Å². The summed E-state index contributed by atoms with van der Waals surface area (Å²) in [5, 5.41) is 8.73. The predicted octanol–water partition coefficient (Wildman–Crippen LogP) is 1.97. The lowest BCUT2D eigenvalue weighted by molar-refractivity contribution is -0.138. The largest absolute Gasteiger partial charge is 0.493 e. The Kier molecular flexibility index (Phi) is 7.88. The third-order valence-corrected chi connectivity index (χ3v) is 3.68. The van der Waals surface area contributed by atoms with Gasteiger partial charge in [-0.1, -0.05) is 0 Å². The Balaban J connectivity index is 2.78. The molecule has 7 nitrogen and oxygen atoms in total. The van der Waals surface area contributed by atoms with E-state index in [0.29, 0.717) is 30.2 Å². The number of hydrogen-bond donors (Lipinski definition) is 1. The van der Waals surface area contributed by atoms with Crippen molar-refractivity contribution in [1.29, 1.82) is 0 Å². The fraction of sp³-hybridized carbons (Fsp3) is 0.529. The van der Waals surface area contributed by atoms with Gasteiger partial charge in [0.1, 0.15) is 0 Å². The average molecular weight is 339 g/mol. The molecular formula is C17H25NO6. The second kappa shape index (κ2) is 9.64. The van der Waals surface area contributed by atoms with Crippen LogP contribution >= 0.6 is 0 Å². The number of carboxylic acids is 1. The number of ether oxygens (including phenoxy) is 3. The molecule has 0 saturated heterocycles. The lowest BCUT2D eigenvalue weighted by Gasteiger charge is -2.20. The number of nitrogens with zero attached hydrogens (tertiary/aromatic N) is 1. The third kappa shape index (κ3) is 5.33. The van der Waals surface area contributed by atoms with Crippen LogP contribution in [0, 0.1) is 0 Å². The Labute approximate surface area is 142 Å². The maximum absolute atomic E-state index is 12.2. The monoisotopic (exact) mass is 339 g/mol. The number of aliphatic carboxylic acids is 1. The van der Waals surface area contributed by atoms with Gasteiger partial charge in [-0.2, -0.15) is 0 Å². The molecule has 0 aliphatic rings. The topological polar surface area (TPSA) is 85.3 Å². The van der Waals surface area contributed by atoms with Crippen LogP contribution in [0.1, 0.15) is 25.3 Å². The molecule has 0 radical (unpaired) electrons. The quantitative estimate of drug-likeness (QED) is 0.701. The number of aryl methyl sites for hydroxylation is 1. The van der Waals surface area contributed by atoms with Gasteiger partial charge in [0.25, 0.3) is 0 Å². The first-order valence-corrected chi connectivity index (χ1v) is 7.75. The molecule has 1 rings (SSSR count). The molecule has 0 saturated carbocycles. The Morgan fingerprint density at radius 1 is 1.04 bits per heavy atom. The Hall–Kier alpha value is -2.44. The van der Waals surface area contributed by atoms with Crippen LogP contribution in [0.15, 0.2) is 12.1 Å². The van der Waals surface area contributed by atoms with Crippen molar-refractivity contribution < 1.29 is 28.9 Å². The number of carboxylic acid groups (broad SMARTS) is 1. The van der Waals surface area contributed by atoms with Gasteiger partial charge in [-0.05, 0) is 31.0 Å². The van der Waals surface area contributed by atoms with Gasteiger partial charge in [0, 0.05) is 19.5 Å². The van der Waals surface area contributed by atoms with Crippen molar-refractivity contribution in [3.8, 4) is 17.2 Å². The third-order valence-electron chi connectivity index (χ3n) is 3.68. The molecule has 0 aliphatic carbocycles. The van der Waals surface area contributed by atoms with Crippen LogP contribution in [-0.2, 0) is 16.0 Å². The van der Waals surface area contributed by atoms with Crippen molar-refractivity contribution in [2.45, 2.75) is 26.2 Å². The summed E-state index contributed by atoms with van der Waals surface area (Å²) in [7, 11) is 4.61. The molecule has 0 aliphatic heterocycles. The smallest absolute Gasteiger partial charge is 0.305 e. The van der Waals surface area contributed by atoms with Crippen molar-refractivity contribution in [3.05, 3.63) is 17.7 Å². The summed E-state index contributed by atoms with van der Waals surface area (Å²) in [5.41, 5.74) is 0.882. The highest BCUT2D eigenvalue weighted by molar-refractivity contribution is 5.77. The molecule has 1 aromatic carbocycles. The molecule has 0 aromatic heterocycles. The minimum atomic E-state index is -0.911. The number of rotatable bonds is 10. The van der Waals surface area contributed by atoms with Gasteiger partial charge in [0.2, 0.25) is 11.7 Å². The van der Waals surface area contributed by atoms with Gasteiger partial charge in [0.15, 0.2) is 11.5 Å². The maximum atomic E-state index is 12.2. The Morgan fingerprint density at radius 3 is 2.04 bits per heavy atom. The van der Waals surface area contributed by atoms with E-state index >= 15 is 0 Å². The van der Waals surface area contributed by atoms with Crippen molar-refractivity contribution in [2.75, 3.05) is 34.4 Å². The Morgan fingerprint density at radius 2 is 1.62 bits per heavy atom. The second-order valence-electron chi connectivity index (χ2n) is 5.15. The summed E-state index contributed by atoms with van der Waals surface area (Å²) in [5.74, 6) is 0.597. The second-order valence-corrected chi connectivity index (χ2v) is 5.15. The predicted molar refractivity (Wildman–Crippen MR) is 88.9 cm³/mol. The highest BCUT2D eigenvalue weighted by Crippen LogP contribution is 2.38.